The Labute approximate surface area is 120 Å². The second-order valence-corrected chi connectivity index (χ2v) is 5.48. The molecule has 0 saturated carbocycles. The Morgan fingerprint density at radius 2 is 2.05 bits per heavy atom. The van der Waals surface area contributed by atoms with Crippen molar-refractivity contribution in [3.63, 3.8) is 0 Å². The minimum atomic E-state index is -0.217. The highest BCUT2D eigenvalue weighted by molar-refractivity contribution is 6.30. The predicted molar refractivity (Wildman–Crippen MR) is 78.2 cm³/mol. The molecule has 0 aliphatic heterocycles. The molecule has 19 heavy (non-hydrogen) atoms. The molecule has 1 aromatic rings. The fourth-order valence-electron chi connectivity index (χ4n) is 2.40. The monoisotopic (exact) mass is 287 g/mol. The van der Waals surface area contributed by atoms with E-state index in [1.807, 2.05) is 6.92 Å². The van der Waals surface area contributed by atoms with Crippen LogP contribution in [0.25, 0.3) is 0 Å². The lowest BCUT2D eigenvalue weighted by Crippen LogP contribution is -2.45. The van der Waals surface area contributed by atoms with Gasteiger partial charge >= 0.3 is 0 Å². The van der Waals surface area contributed by atoms with E-state index in [0.717, 1.165) is 6.54 Å². The number of hydrogen-bond acceptors (Lipinski definition) is 2. The third kappa shape index (κ3) is 4.75. The van der Waals surface area contributed by atoms with Gasteiger partial charge in [-0.3, -0.25) is 0 Å². The quantitative estimate of drug-likeness (QED) is 0.826. The minimum absolute atomic E-state index is 0.0401. The number of likely N-dealkylation sites (N-methyl/N-ethyl adjacent to an activating group) is 1. The van der Waals surface area contributed by atoms with Crippen molar-refractivity contribution in [3.05, 3.63) is 34.6 Å². The van der Waals surface area contributed by atoms with Gasteiger partial charge in [0.2, 0.25) is 0 Å². The van der Waals surface area contributed by atoms with Gasteiger partial charge in [0.1, 0.15) is 5.82 Å². The molecule has 4 heteroatoms. The maximum atomic E-state index is 13.8. The maximum absolute atomic E-state index is 13.8. The van der Waals surface area contributed by atoms with E-state index in [4.69, 9.17) is 16.3 Å². The first-order chi connectivity index (χ1) is 8.99. The molecule has 108 valence electrons. The van der Waals surface area contributed by atoms with Crippen molar-refractivity contribution in [1.82, 2.24) is 5.32 Å². The van der Waals surface area contributed by atoms with E-state index in [-0.39, 0.29) is 18.0 Å². The van der Waals surface area contributed by atoms with E-state index in [1.54, 1.807) is 19.2 Å². The molecule has 2 nitrogen and oxygen atoms in total. The molecule has 0 aliphatic rings. The molecule has 1 rings (SSSR count). The Balaban J connectivity index is 2.91. The van der Waals surface area contributed by atoms with Crippen molar-refractivity contribution in [2.75, 3.05) is 13.7 Å². The van der Waals surface area contributed by atoms with Gasteiger partial charge in [-0.1, -0.05) is 32.4 Å². The molecule has 0 fully saturated rings. The van der Waals surface area contributed by atoms with Gasteiger partial charge in [0, 0.05) is 18.2 Å². The third-order valence-corrected chi connectivity index (χ3v) is 3.47. The Morgan fingerprint density at radius 1 is 1.37 bits per heavy atom. The Bertz CT molecular complexity index is 398. The zero-order valence-electron chi connectivity index (χ0n) is 12.0. The lowest BCUT2D eigenvalue weighted by molar-refractivity contribution is 0.0335. The number of ether oxygens (including phenoxy) is 1. The summed E-state index contributed by atoms with van der Waals surface area (Å²) in [5, 5.41) is 3.94. The Hall–Kier alpha value is -0.640. The molecule has 2 unspecified atom stereocenters. The van der Waals surface area contributed by atoms with Crippen LogP contribution in [0.1, 0.15) is 26.3 Å². The summed E-state index contributed by atoms with van der Waals surface area (Å²) >= 11 is 5.94. The molecule has 0 amide bonds. The van der Waals surface area contributed by atoms with Crippen molar-refractivity contribution in [3.8, 4) is 0 Å². The maximum Gasteiger partial charge on any atom is 0.126 e. The van der Waals surface area contributed by atoms with Crippen LogP contribution in [0.3, 0.4) is 0 Å². The summed E-state index contributed by atoms with van der Waals surface area (Å²) in [5.41, 5.74) is 0.626. The van der Waals surface area contributed by atoms with E-state index in [9.17, 15) is 4.39 Å². The molecule has 0 heterocycles. The number of rotatable bonds is 7. The van der Waals surface area contributed by atoms with Crippen LogP contribution in [0.4, 0.5) is 4.39 Å². The zero-order valence-corrected chi connectivity index (χ0v) is 12.8. The molecule has 0 saturated heterocycles. The van der Waals surface area contributed by atoms with Crippen molar-refractivity contribution < 1.29 is 9.13 Å². The molecule has 0 spiro atoms. The second kappa shape index (κ2) is 7.83. The van der Waals surface area contributed by atoms with Gasteiger partial charge < -0.3 is 10.1 Å². The van der Waals surface area contributed by atoms with E-state index in [0.29, 0.717) is 22.9 Å². The first kappa shape index (κ1) is 16.4. The van der Waals surface area contributed by atoms with Gasteiger partial charge in [0.15, 0.2) is 0 Å². The molecular formula is C15H23ClFNO. The molecule has 0 aromatic heterocycles. The lowest BCUT2D eigenvalue weighted by Gasteiger charge is -2.30. The van der Waals surface area contributed by atoms with E-state index >= 15 is 0 Å². The summed E-state index contributed by atoms with van der Waals surface area (Å²) in [6.45, 7) is 7.06. The zero-order chi connectivity index (χ0) is 14.4. The van der Waals surface area contributed by atoms with Gasteiger partial charge in [0.05, 0.1) is 6.10 Å². The third-order valence-electron chi connectivity index (χ3n) is 3.24. The Kier molecular flexibility index (Phi) is 6.76. The van der Waals surface area contributed by atoms with Crippen LogP contribution in [0.2, 0.25) is 5.02 Å². The van der Waals surface area contributed by atoms with E-state index in [1.165, 1.54) is 6.07 Å². The van der Waals surface area contributed by atoms with Gasteiger partial charge in [0.25, 0.3) is 0 Å². The number of nitrogens with one attached hydrogen (secondary N) is 1. The summed E-state index contributed by atoms with van der Waals surface area (Å²) < 4.78 is 19.4. The number of methoxy groups -OCH3 is 1. The smallest absolute Gasteiger partial charge is 0.126 e. The van der Waals surface area contributed by atoms with Crippen molar-refractivity contribution >= 4 is 11.6 Å². The van der Waals surface area contributed by atoms with Crippen molar-refractivity contribution in [2.45, 2.75) is 39.3 Å². The number of halogens is 2. The molecule has 2 atom stereocenters. The average Bonchev–Trinajstić information content (AvgIpc) is 2.34. The molecule has 0 aliphatic carbocycles. The number of benzene rings is 1. The largest absolute Gasteiger partial charge is 0.380 e. The van der Waals surface area contributed by atoms with Gasteiger partial charge in [-0.2, -0.15) is 0 Å². The highest BCUT2D eigenvalue weighted by atomic mass is 35.5. The van der Waals surface area contributed by atoms with Gasteiger partial charge in [-0.15, -0.1) is 0 Å². The van der Waals surface area contributed by atoms with Crippen LogP contribution in [0.5, 0.6) is 0 Å². The standard InChI is InChI=1S/C15H23ClFNO/c1-5-18-14(15(19-4)10(2)3)9-11-8-12(16)6-7-13(11)17/h6-8,10,14-15,18H,5,9H2,1-4H3. The molecule has 1 aromatic carbocycles. The highest BCUT2D eigenvalue weighted by Crippen LogP contribution is 2.20. The average molecular weight is 288 g/mol. The topological polar surface area (TPSA) is 21.3 Å². The lowest BCUT2D eigenvalue weighted by atomic mass is 9.93. The SMILES string of the molecule is CCNC(Cc1cc(Cl)ccc1F)C(OC)C(C)C. The summed E-state index contributed by atoms with van der Waals surface area (Å²) in [5.74, 6) is 0.141. The van der Waals surface area contributed by atoms with Crippen LogP contribution in [-0.4, -0.2) is 25.8 Å². The minimum Gasteiger partial charge on any atom is -0.380 e. The molecule has 0 bridgehead atoms. The summed E-state index contributed by atoms with van der Waals surface area (Å²) in [7, 11) is 1.70. The number of hydrogen-bond donors (Lipinski definition) is 1. The van der Waals surface area contributed by atoms with Gasteiger partial charge in [-0.25, -0.2) is 4.39 Å². The van der Waals surface area contributed by atoms with E-state index < -0.39 is 0 Å². The predicted octanol–water partition coefficient (Wildman–Crippen LogP) is 3.67. The first-order valence-corrected chi connectivity index (χ1v) is 7.07. The molecule has 0 radical (unpaired) electrons. The van der Waals surface area contributed by atoms with Crippen LogP contribution < -0.4 is 5.32 Å². The first-order valence-electron chi connectivity index (χ1n) is 6.69. The summed E-state index contributed by atoms with van der Waals surface area (Å²) in [6, 6.07) is 4.74. The van der Waals surface area contributed by atoms with Crippen LogP contribution in [0, 0.1) is 11.7 Å². The molecule has 1 N–H and O–H groups in total. The van der Waals surface area contributed by atoms with Crippen LogP contribution in [-0.2, 0) is 11.2 Å². The Morgan fingerprint density at radius 3 is 2.58 bits per heavy atom. The summed E-state index contributed by atoms with van der Waals surface area (Å²) in [6.07, 6.45) is 0.607. The van der Waals surface area contributed by atoms with Crippen LogP contribution >= 0.6 is 11.6 Å². The second-order valence-electron chi connectivity index (χ2n) is 5.05. The fraction of sp³-hybridized carbons (Fsp3) is 0.600. The normalized spacial score (nSPS) is 14.7. The van der Waals surface area contributed by atoms with Crippen LogP contribution in [0.15, 0.2) is 18.2 Å². The summed E-state index contributed by atoms with van der Waals surface area (Å²) in [4.78, 5) is 0. The fourth-order valence-corrected chi connectivity index (χ4v) is 2.60. The van der Waals surface area contributed by atoms with Crippen molar-refractivity contribution in [2.24, 2.45) is 5.92 Å². The highest BCUT2D eigenvalue weighted by Gasteiger charge is 2.24. The van der Waals surface area contributed by atoms with E-state index in [2.05, 4.69) is 19.2 Å². The molecular weight excluding hydrogens is 265 g/mol. The van der Waals surface area contributed by atoms with Crippen molar-refractivity contribution in [1.29, 1.82) is 0 Å². The van der Waals surface area contributed by atoms with Gasteiger partial charge in [-0.05, 0) is 42.6 Å².